The fourth-order valence-electron chi connectivity index (χ4n) is 1.43. The SMILES string of the molecule is Cc1c[nH]c2c(=O)n(CCO)cnc12. The fraction of sp³-hybridized carbons (Fsp3) is 0.333. The third kappa shape index (κ3) is 1.22. The van der Waals surface area contributed by atoms with E-state index >= 15 is 0 Å². The van der Waals surface area contributed by atoms with E-state index in [0.717, 1.165) is 5.56 Å². The smallest absolute Gasteiger partial charge is 0.277 e. The molecular weight excluding hydrogens is 182 g/mol. The van der Waals surface area contributed by atoms with Crippen LogP contribution >= 0.6 is 0 Å². The molecule has 74 valence electrons. The van der Waals surface area contributed by atoms with Gasteiger partial charge in [-0.05, 0) is 12.5 Å². The number of aromatic nitrogens is 3. The van der Waals surface area contributed by atoms with Crippen LogP contribution in [0.3, 0.4) is 0 Å². The van der Waals surface area contributed by atoms with E-state index in [-0.39, 0.29) is 18.7 Å². The van der Waals surface area contributed by atoms with Crippen LogP contribution in [0.4, 0.5) is 0 Å². The average molecular weight is 193 g/mol. The van der Waals surface area contributed by atoms with Gasteiger partial charge in [0.1, 0.15) is 5.52 Å². The summed E-state index contributed by atoms with van der Waals surface area (Å²) < 4.78 is 1.39. The van der Waals surface area contributed by atoms with Crippen molar-refractivity contribution in [3.63, 3.8) is 0 Å². The van der Waals surface area contributed by atoms with Crippen LogP contribution < -0.4 is 5.56 Å². The Morgan fingerprint density at radius 2 is 2.43 bits per heavy atom. The highest BCUT2D eigenvalue weighted by Gasteiger charge is 2.06. The van der Waals surface area contributed by atoms with Crippen molar-refractivity contribution >= 4 is 11.0 Å². The first-order valence-corrected chi connectivity index (χ1v) is 4.38. The van der Waals surface area contributed by atoms with Gasteiger partial charge in [0.25, 0.3) is 5.56 Å². The second kappa shape index (κ2) is 3.26. The summed E-state index contributed by atoms with van der Waals surface area (Å²) in [6, 6.07) is 0. The van der Waals surface area contributed by atoms with Crippen molar-refractivity contribution in [2.75, 3.05) is 6.61 Å². The number of fused-ring (bicyclic) bond motifs is 1. The van der Waals surface area contributed by atoms with Crippen LogP contribution in [0, 0.1) is 6.92 Å². The maximum atomic E-state index is 11.7. The molecule has 2 rings (SSSR count). The highest BCUT2D eigenvalue weighted by atomic mass is 16.3. The highest BCUT2D eigenvalue weighted by Crippen LogP contribution is 2.09. The third-order valence-corrected chi connectivity index (χ3v) is 2.19. The molecule has 0 aliphatic heterocycles. The number of rotatable bonds is 2. The first kappa shape index (κ1) is 8.96. The van der Waals surface area contributed by atoms with Crippen LogP contribution in [0.15, 0.2) is 17.3 Å². The summed E-state index contributed by atoms with van der Waals surface area (Å²) in [7, 11) is 0. The van der Waals surface area contributed by atoms with Crippen molar-refractivity contribution in [2.45, 2.75) is 13.5 Å². The number of hydrogen-bond donors (Lipinski definition) is 2. The predicted molar refractivity (Wildman–Crippen MR) is 52.2 cm³/mol. The summed E-state index contributed by atoms with van der Waals surface area (Å²) in [6.07, 6.45) is 3.21. The van der Waals surface area contributed by atoms with E-state index in [1.807, 2.05) is 6.92 Å². The minimum absolute atomic E-state index is 0.0627. The maximum Gasteiger partial charge on any atom is 0.277 e. The van der Waals surface area contributed by atoms with Crippen molar-refractivity contribution in [3.05, 3.63) is 28.4 Å². The Morgan fingerprint density at radius 3 is 3.14 bits per heavy atom. The average Bonchev–Trinajstić information content (AvgIpc) is 2.54. The Kier molecular flexibility index (Phi) is 2.09. The summed E-state index contributed by atoms with van der Waals surface area (Å²) >= 11 is 0. The Balaban J connectivity index is 2.70. The number of hydrogen-bond acceptors (Lipinski definition) is 3. The van der Waals surface area contributed by atoms with Gasteiger partial charge in [0.15, 0.2) is 0 Å². The Hall–Kier alpha value is -1.62. The molecule has 0 saturated carbocycles. The molecule has 14 heavy (non-hydrogen) atoms. The standard InChI is InChI=1S/C9H11N3O2/c1-6-4-10-8-7(6)11-5-12(2-3-13)9(8)14/h4-5,10,13H,2-3H2,1H3. The maximum absolute atomic E-state index is 11.7. The molecule has 0 aliphatic rings. The lowest BCUT2D eigenvalue weighted by atomic mass is 10.3. The van der Waals surface area contributed by atoms with Gasteiger partial charge in [0.05, 0.1) is 25.0 Å². The first-order valence-electron chi connectivity index (χ1n) is 4.38. The number of nitrogens with one attached hydrogen (secondary N) is 1. The quantitative estimate of drug-likeness (QED) is 0.706. The monoisotopic (exact) mass is 193 g/mol. The Bertz CT molecular complexity index is 512. The van der Waals surface area contributed by atoms with Crippen LogP contribution in [0.1, 0.15) is 5.56 Å². The van der Waals surface area contributed by atoms with Crippen LogP contribution in [0.2, 0.25) is 0 Å². The third-order valence-electron chi connectivity index (χ3n) is 2.19. The summed E-state index contributed by atoms with van der Waals surface area (Å²) in [4.78, 5) is 18.7. The zero-order valence-electron chi connectivity index (χ0n) is 7.82. The molecule has 5 nitrogen and oxygen atoms in total. The molecule has 0 unspecified atom stereocenters. The van der Waals surface area contributed by atoms with E-state index < -0.39 is 0 Å². The van der Waals surface area contributed by atoms with Gasteiger partial charge in [-0.2, -0.15) is 0 Å². The Morgan fingerprint density at radius 1 is 1.64 bits per heavy atom. The van der Waals surface area contributed by atoms with Gasteiger partial charge in [-0.25, -0.2) is 4.98 Å². The Labute approximate surface area is 80.0 Å². The van der Waals surface area contributed by atoms with Crippen molar-refractivity contribution in [3.8, 4) is 0 Å². The molecule has 0 fully saturated rings. The molecule has 2 heterocycles. The molecule has 2 aromatic heterocycles. The molecule has 0 spiro atoms. The molecule has 0 bridgehead atoms. The van der Waals surface area contributed by atoms with Crippen LogP contribution in [0.25, 0.3) is 11.0 Å². The molecule has 0 radical (unpaired) electrons. The van der Waals surface area contributed by atoms with Crippen LogP contribution in [-0.4, -0.2) is 26.2 Å². The summed E-state index contributed by atoms with van der Waals surface area (Å²) in [5.41, 5.74) is 2.01. The molecule has 5 heteroatoms. The van der Waals surface area contributed by atoms with Gasteiger partial charge in [-0.3, -0.25) is 9.36 Å². The van der Waals surface area contributed by atoms with Gasteiger partial charge in [0, 0.05) is 6.20 Å². The summed E-state index contributed by atoms with van der Waals surface area (Å²) in [5.74, 6) is 0. The topological polar surface area (TPSA) is 70.9 Å². The number of aromatic amines is 1. The van der Waals surface area contributed by atoms with Gasteiger partial charge >= 0.3 is 0 Å². The molecule has 0 atom stereocenters. The van der Waals surface area contributed by atoms with Gasteiger partial charge < -0.3 is 10.1 Å². The van der Waals surface area contributed by atoms with Gasteiger partial charge in [-0.1, -0.05) is 0 Å². The van der Waals surface area contributed by atoms with Crippen molar-refractivity contribution in [1.82, 2.24) is 14.5 Å². The normalized spacial score (nSPS) is 11.0. The minimum Gasteiger partial charge on any atom is -0.395 e. The molecule has 0 aromatic carbocycles. The fourth-order valence-corrected chi connectivity index (χ4v) is 1.43. The van der Waals surface area contributed by atoms with Crippen LogP contribution in [-0.2, 0) is 6.54 Å². The molecule has 2 aromatic rings. The largest absolute Gasteiger partial charge is 0.395 e. The lowest BCUT2D eigenvalue weighted by Crippen LogP contribution is -2.22. The lowest BCUT2D eigenvalue weighted by molar-refractivity contribution is 0.274. The van der Waals surface area contributed by atoms with Crippen LogP contribution in [0.5, 0.6) is 0 Å². The highest BCUT2D eigenvalue weighted by molar-refractivity contribution is 5.77. The van der Waals surface area contributed by atoms with Crippen molar-refractivity contribution in [2.24, 2.45) is 0 Å². The first-order chi connectivity index (χ1) is 6.74. The summed E-state index contributed by atoms with van der Waals surface area (Å²) in [6.45, 7) is 2.11. The number of nitrogens with zero attached hydrogens (tertiary/aromatic N) is 2. The molecular formula is C9H11N3O2. The van der Waals surface area contributed by atoms with Crippen molar-refractivity contribution in [1.29, 1.82) is 0 Å². The summed E-state index contributed by atoms with van der Waals surface area (Å²) in [5, 5.41) is 8.72. The van der Waals surface area contributed by atoms with E-state index in [1.54, 1.807) is 6.20 Å². The number of aliphatic hydroxyl groups excluding tert-OH is 1. The number of aliphatic hydroxyl groups is 1. The minimum atomic E-state index is -0.142. The van der Waals surface area contributed by atoms with E-state index in [1.165, 1.54) is 10.9 Å². The molecule has 0 aliphatic carbocycles. The second-order valence-corrected chi connectivity index (χ2v) is 3.16. The zero-order chi connectivity index (χ0) is 10.1. The molecule has 0 amide bonds. The molecule has 2 N–H and O–H groups in total. The van der Waals surface area contributed by atoms with Gasteiger partial charge in [0.2, 0.25) is 0 Å². The van der Waals surface area contributed by atoms with Crippen molar-refractivity contribution < 1.29 is 5.11 Å². The van der Waals surface area contributed by atoms with E-state index in [9.17, 15) is 4.79 Å². The number of aryl methyl sites for hydroxylation is 1. The predicted octanol–water partition coefficient (Wildman–Crippen LogP) is 0.0253. The lowest BCUT2D eigenvalue weighted by Gasteiger charge is -2.01. The van der Waals surface area contributed by atoms with E-state index in [0.29, 0.717) is 11.0 Å². The number of H-pyrrole nitrogens is 1. The second-order valence-electron chi connectivity index (χ2n) is 3.16. The zero-order valence-corrected chi connectivity index (χ0v) is 7.82. The van der Waals surface area contributed by atoms with Gasteiger partial charge in [-0.15, -0.1) is 0 Å². The van der Waals surface area contributed by atoms with E-state index in [2.05, 4.69) is 9.97 Å². The van der Waals surface area contributed by atoms with E-state index in [4.69, 9.17) is 5.11 Å². The molecule has 0 saturated heterocycles.